The smallest absolute Gasteiger partial charge is 0.277 e. The van der Waals surface area contributed by atoms with Gasteiger partial charge in [-0.15, -0.1) is 5.10 Å². The Morgan fingerprint density at radius 1 is 1.14 bits per heavy atom. The lowest BCUT2D eigenvalue weighted by Gasteiger charge is -2.05. The van der Waals surface area contributed by atoms with Crippen molar-refractivity contribution >= 4 is 22.5 Å². The van der Waals surface area contributed by atoms with Crippen LogP contribution in [-0.2, 0) is 13.1 Å². The van der Waals surface area contributed by atoms with Gasteiger partial charge in [0, 0.05) is 30.5 Å². The minimum Gasteiger partial charge on any atom is -0.337 e. The van der Waals surface area contributed by atoms with Crippen molar-refractivity contribution in [3.63, 3.8) is 0 Å². The second kappa shape index (κ2) is 6.70. The molecule has 0 unspecified atom stereocenters. The summed E-state index contributed by atoms with van der Waals surface area (Å²) < 4.78 is 3.47. The molecule has 0 saturated heterocycles. The maximum atomic E-state index is 12.3. The molecule has 3 rings (SSSR count). The van der Waals surface area contributed by atoms with Gasteiger partial charge in [0.15, 0.2) is 0 Å². The second-order valence-electron chi connectivity index (χ2n) is 5.14. The van der Waals surface area contributed by atoms with Crippen LogP contribution in [0.1, 0.15) is 19.3 Å². The third-order valence-corrected chi connectivity index (χ3v) is 3.77. The Morgan fingerprint density at radius 3 is 2.82 bits per heavy atom. The number of nitrogens with zero attached hydrogens (tertiary/aromatic N) is 5. The molecule has 6 nitrogen and oxygen atoms in total. The van der Waals surface area contributed by atoms with E-state index in [4.69, 9.17) is 11.6 Å². The van der Waals surface area contributed by atoms with E-state index in [1.54, 1.807) is 24.4 Å². The molecular weight excluding hydrogens is 302 g/mol. The van der Waals surface area contributed by atoms with E-state index in [-0.39, 0.29) is 5.56 Å². The van der Waals surface area contributed by atoms with E-state index in [9.17, 15) is 4.79 Å². The molecule has 114 valence electrons. The predicted molar refractivity (Wildman–Crippen MR) is 84.9 cm³/mol. The van der Waals surface area contributed by atoms with E-state index in [1.165, 1.54) is 4.68 Å². The summed E-state index contributed by atoms with van der Waals surface area (Å²) in [5, 5.41) is 9.14. The predicted octanol–water partition coefficient (Wildman–Crippen LogP) is 2.51. The van der Waals surface area contributed by atoms with E-state index in [0.29, 0.717) is 22.5 Å². The van der Waals surface area contributed by atoms with Gasteiger partial charge in [-0.05, 0) is 37.5 Å². The lowest BCUT2D eigenvalue weighted by atomic mass is 10.2. The molecule has 2 heterocycles. The van der Waals surface area contributed by atoms with Gasteiger partial charge < -0.3 is 4.57 Å². The van der Waals surface area contributed by atoms with Crippen molar-refractivity contribution in [3.05, 3.63) is 52.3 Å². The second-order valence-corrected chi connectivity index (χ2v) is 5.58. The number of unbranched alkanes of at least 4 members (excludes halogenated alkanes) is 2. The Kier molecular flexibility index (Phi) is 4.48. The molecule has 0 bridgehead atoms. The Balaban J connectivity index is 1.58. The molecule has 7 heteroatoms. The summed E-state index contributed by atoms with van der Waals surface area (Å²) in [6, 6.07) is 5.05. The molecule has 22 heavy (non-hydrogen) atoms. The van der Waals surface area contributed by atoms with Crippen molar-refractivity contribution in [1.29, 1.82) is 0 Å². The Bertz CT molecular complexity index is 812. The van der Waals surface area contributed by atoms with Gasteiger partial charge in [-0.25, -0.2) is 9.67 Å². The summed E-state index contributed by atoms with van der Waals surface area (Å²) in [4.78, 5) is 16.3. The zero-order valence-corrected chi connectivity index (χ0v) is 12.8. The van der Waals surface area contributed by atoms with Gasteiger partial charge in [0.05, 0.1) is 11.7 Å². The van der Waals surface area contributed by atoms with Gasteiger partial charge >= 0.3 is 0 Å². The molecule has 0 spiro atoms. The largest absolute Gasteiger partial charge is 0.337 e. The number of rotatable bonds is 6. The minimum absolute atomic E-state index is 0.115. The summed E-state index contributed by atoms with van der Waals surface area (Å²) in [5.74, 6) is 0. The molecule has 0 radical (unpaired) electrons. The van der Waals surface area contributed by atoms with Crippen molar-refractivity contribution in [1.82, 2.24) is 24.5 Å². The van der Waals surface area contributed by atoms with E-state index >= 15 is 0 Å². The topological polar surface area (TPSA) is 65.6 Å². The van der Waals surface area contributed by atoms with Crippen LogP contribution in [0.3, 0.4) is 0 Å². The highest BCUT2D eigenvalue weighted by molar-refractivity contribution is 6.31. The summed E-state index contributed by atoms with van der Waals surface area (Å²) in [6.07, 6.45) is 8.49. The fourth-order valence-electron chi connectivity index (χ4n) is 2.35. The van der Waals surface area contributed by atoms with Gasteiger partial charge in [0.25, 0.3) is 5.56 Å². The zero-order chi connectivity index (χ0) is 15.4. The van der Waals surface area contributed by atoms with E-state index < -0.39 is 0 Å². The average molecular weight is 318 g/mol. The normalized spacial score (nSPS) is 11.1. The summed E-state index contributed by atoms with van der Waals surface area (Å²) in [7, 11) is 0. The Hall–Kier alpha value is -2.21. The van der Waals surface area contributed by atoms with Crippen molar-refractivity contribution in [2.24, 2.45) is 0 Å². The minimum atomic E-state index is -0.115. The number of hydrogen-bond donors (Lipinski definition) is 0. The van der Waals surface area contributed by atoms with Crippen LogP contribution in [0.4, 0.5) is 0 Å². The van der Waals surface area contributed by atoms with Crippen LogP contribution in [0.5, 0.6) is 0 Å². The van der Waals surface area contributed by atoms with Crippen LogP contribution in [-0.4, -0.2) is 24.5 Å². The lowest BCUT2D eigenvalue weighted by Crippen LogP contribution is -2.24. The van der Waals surface area contributed by atoms with Crippen molar-refractivity contribution < 1.29 is 0 Å². The summed E-state index contributed by atoms with van der Waals surface area (Å²) >= 11 is 5.89. The number of hydrogen-bond acceptors (Lipinski definition) is 4. The molecule has 0 aliphatic heterocycles. The standard InChI is InChI=1S/C15H16ClN5O/c16-12-4-5-13-14(10-12)18-19-21(15(13)22)8-3-1-2-7-20-9-6-17-11-20/h4-6,9-11H,1-3,7-8H2. The van der Waals surface area contributed by atoms with Crippen molar-refractivity contribution in [3.8, 4) is 0 Å². The zero-order valence-electron chi connectivity index (χ0n) is 12.0. The molecule has 2 aromatic heterocycles. The summed E-state index contributed by atoms with van der Waals surface area (Å²) in [6.45, 7) is 1.52. The first-order chi connectivity index (χ1) is 10.7. The van der Waals surface area contributed by atoms with Crippen LogP contribution in [0, 0.1) is 0 Å². The number of aromatic nitrogens is 5. The molecule has 3 aromatic rings. The number of halogens is 1. The van der Waals surface area contributed by atoms with E-state index in [1.807, 2.05) is 17.1 Å². The van der Waals surface area contributed by atoms with Crippen LogP contribution in [0.2, 0.25) is 5.02 Å². The van der Waals surface area contributed by atoms with Gasteiger partial charge in [0.1, 0.15) is 5.52 Å². The molecule has 0 aliphatic rings. The SMILES string of the molecule is O=c1c2ccc(Cl)cc2nnn1CCCCCn1ccnc1. The molecule has 0 aliphatic carbocycles. The highest BCUT2D eigenvalue weighted by atomic mass is 35.5. The van der Waals surface area contributed by atoms with Crippen LogP contribution in [0.15, 0.2) is 41.7 Å². The highest BCUT2D eigenvalue weighted by Crippen LogP contribution is 2.13. The maximum Gasteiger partial charge on any atom is 0.277 e. The van der Waals surface area contributed by atoms with Gasteiger partial charge in [0.2, 0.25) is 0 Å². The highest BCUT2D eigenvalue weighted by Gasteiger charge is 2.05. The number of imidazole rings is 1. The first-order valence-electron chi connectivity index (χ1n) is 7.23. The molecule has 1 aromatic carbocycles. The Labute approximate surface area is 132 Å². The number of fused-ring (bicyclic) bond motifs is 1. The third-order valence-electron chi connectivity index (χ3n) is 3.53. The fraction of sp³-hybridized carbons (Fsp3) is 0.333. The quantitative estimate of drug-likeness (QED) is 0.655. The molecule has 0 amide bonds. The number of benzene rings is 1. The maximum absolute atomic E-state index is 12.3. The first-order valence-corrected chi connectivity index (χ1v) is 7.60. The van der Waals surface area contributed by atoms with Crippen molar-refractivity contribution in [2.45, 2.75) is 32.4 Å². The summed E-state index contributed by atoms with van der Waals surface area (Å²) in [5.41, 5.74) is 0.421. The molecule has 0 atom stereocenters. The van der Waals surface area contributed by atoms with Gasteiger partial charge in [-0.1, -0.05) is 16.8 Å². The number of aryl methyl sites for hydroxylation is 2. The van der Waals surface area contributed by atoms with E-state index in [2.05, 4.69) is 15.3 Å². The first kappa shape index (κ1) is 14.7. The molecular formula is C15H16ClN5O. The monoisotopic (exact) mass is 317 g/mol. The third kappa shape index (κ3) is 3.33. The van der Waals surface area contributed by atoms with Crippen LogP contribution < -0.4 is 5.56 Å². The molecule has 0 saturated carbocycles. The van der Waals surface area contributed by atoms with Gasteiger partial charge in [-0.3, -0.25) is 4.79 Å². The fourth-order valence-corrected chi connectivity index (χ4v) is 2.51. The lowest BCUT2D eigenvalue weighted by molar-refractivity contribution is 0.489. The van der Waals surface area contributed by atoms with Gasteiger partial charge in [-0.2, -0.15) is 0 Å². The average Bonchev–Trinajstić information content (AvgIpc) is 3.02. The van der Waals surface area contributed by atoms with Crippen molar-refractivity contribution in [2.75, 3.05) is 0 Å². The molecule has 0 N–H and O–H groups in total. The van der Waals surface area contributed by atoms with Crippen LogP contribution in [0.25, 0.3) is 10.9 Å². The van der Waals surface area contributed by atoms with Crippen LogP contribution >= 0.6 is 11.6 Å². The molecule has 0 fully saturated rings. The Morgan fingerprint density at radius 2 is 2.00 bits per heavy atom. The van der Waals surface area contributed by atoms with E-state index in [0.717, 1.165) is 25.8 Å².